The van der Waals surface area contributed by atoms with Crippen LogP contribution < -0.4 is 5.32 Å². The van der Waals surface area contributed by atoms with E-state index in [4.69, 9.17) is 11.6 Å². The van der Waals surface area contributed by atoms with Crippen molar-refractivity contribution >= 4 is 45.9 Å². The van der Waals surface area contributed by atoms with Crippen LogP contribution in [-0.2, 0) is 0 Å². The highest BCUT2D eigenvalue weighted by molar-refractivity contribution is 14.1. The van der Waals surface area contributed by atoms with Gasteiger partial charge in [-0.15, -0.1) is 0 Å². The van der Waals surface area contributed by atoms with Gasteiger partial charge in [-0.3, -0.25) is 0 Å². The summed E-state index contributed by atoms with van der Waals surface area (Å²) in [4.78, 5) is 17.0. The second-order valence-corrected chi connectivity index (χ2v) is 4.48. The number of nitrogens with one attached hydrogen (secondary N) is 1. The molecule has 0 spiro atoms. The summed E-state index contributed by atoms with van der Waals surface area (Å²) >= 11 is 7.83. The Balaban J connectivity index is 2.80. The van der Waals surface area contributed by atoms with Crippen LogP contribution in [0, 0.1) is 3.57 Å². The maximum absolute atomic E-state index is 11.6. The highest BCUT2D eigenvalue weighted by Gasteiger charge is 2.09. The van der Waals surface area contributed by atoms with Crippen molar-refractivity contribution in [2.75, 3.05) is 18.9 Å². The lowest BCUT2D eigenvalue weighted by molar-refractivity contribution is 0.224. The average molecular weight is 340 g/mol. The number of hydrogen-bond donors (Lipinski definition) is 1. The lowest BCUT2D eigenvalue weighted by atomic mass is 10.4. The third-order valence-corrected chi connectivity index (χ3v) is 2.95. The zero-order valence-electron chi connectivity index (χ0n) is 8.42. The van der Waals surface area contributed by atoms with Gasteiger partial charge in [-0.05, 0) is 29.5 Å². The van der Waals surface area contributed by atoms with E-state index in [1.807, 2.05) is 6.92 Å². The molecule has 0 bridgehead atoms. The van der Waals surface area contributed by atoms with Gasteiger partial charge in [0.05, 0.1) is 9.26 Å². The van der Waals surface area contributed by atoms with Gasteiger partial charge in [0.25, 0.3) is 0 Å². The molecule has 1 heterocycles. The molecule has 2 amide bonds. The van der Waals surface area contributed by atoms with Crippen molar-refractivity contribution in [3.63, 3.8) is 0 Å². The maximum atomic E-state index is 11.6. The molecular formula is C9H11ClIN3O. The van der Waals surface area contributed by atoms with Crippen LogP contribution in [0.3, 0.4) is 0 Å². The number of amides is 2. The van der Waals surface area contributed by atoms with Crippen molar-refractivity contribution in [1.29, 1.82) is 0 Å². The summed E-state index contributed by atoms with van der Waals surface area (Å²) in [5.74, 6) is 0. The number of hydrogen-bond acceptors (Lipinski definition) is 2. The van der Waals surface area contributed by atoms with Crippen LogP contribution in [-0.4, -0.2) is 29.5 Å². The van der Waals surface area contributed by atoms with Crippen molar-refractivity contribution in [2.24, 2.45) is 0 Å². The van der Waals surface area contributed by atoms with E-state index in [0.717, 1.165) is 3.57 Å². The van der Waals surface area contributed by atoms with Crippen LogP contribution in [0.1, 0.15) is 6.92 Å². The summed E-state index contributed by atoms with van der Waals surface area (Å²) < 4.78 is 0.856. The Morgan fingerprint density at radius 1 is 1.73 bits per heavy atom. The fraction of sp³-hybridized carbons (Fsp3) is 0.333. The fourth-order valence-corrected chi connectivity index (χ4v) is 1.45. The number of halogens is 2. The van der Waals surface area contributed by atoms with Crippen molar-refractivity contribution in [3.05, 3.63) is 21.0 Å². The molecule has 1 aromatic rings. The van der Waals surface area contributed by atoms with Crippen molar-refractivity contribution in [3.8, 4) is 0 Å². The van der Waals surface area contributed by atoms with E-state index < -0.39 is 0 Å². The quantitative estimate of drug-likeness (QED) is 0.665. The van der Waals surface area contributed by atoms with Gasteiger partial charge in [0.2, 0.25) is 0 Å². The Kier molecular flexibility index (Phi) is 4.59. The molecule has 1 aromatic heterocycles. The molecule has 0 saturated carbocycles. The van der Waals surface area contributed by atoms with E-state index in [1.54, 1.807) is 24.2 Å². The fourth-order valence-electron chi connectivity index (χ4n) is 0.863. The van der Waals surface area contributed by atoms with Crippen LogP contribution in [0.5, 0.6) is 0 Å². The van der Waals surface area contributed by atoms with Crippen LogP contribution in [0.2, 0.25) is 5.15 Å². The average Bonchev–Trinajstić information content (AvgIpc) is 2.22. The number of pyridine rings is 1. The monoisotopic (exact) mass is 339 g/mol. The number of urea groups is 1. The molecule has 0 aliphatic rings. The molecule has 6 heteroatoms. The second kappa shape index (κ2) is 5.50. The van der Waals surface area contributed by atoms with E-state index in [9.17, 15) is 4.79 Å². The number of anilines is 1. The highest BCUT2D eigenvalue weighted by Crippen LogP contribution is 2.20. The topological polar surface area (TPSA) is 45.2 Å². The zero-order valence-corrected chi connectivity index (χ0v) is 11.3. The molecule has 1 rings (SSSR count). The first kappa shape index (κ1) is 12.5. The largest absolute Gasteiger partial charge is 0.328 e. The molecule has 0 fully saturated rings. The van der Waals surface area contributed by atoms with Crippen LogP contribution in [0.25, 0.3) is 0 Å². The number of rotatable bonds is 2. The second-order valence-electron chi connectivity index (χ2n) is 2.93. The normalized spacial score (nSPS) is 9.87. The summed E-state index contributed by atoms with van der Waals surface area (Å²) in [7, 11) is 1.73. The molecular weight excluding hydrogens is 328 g/mol. The van der Waals surface area contributed by atoms with Crippen LogP contribution >= 0.6 is 34.2 Å². The van der Waals surface area contributed by atoms with Gasteiger partial charge in [-0.1, -0.05) is 11.6 Å². The van der Waals surface area contributed by atoms with Crippen LogP contribution in [0.4, 0.5) is 10.5 Å². The molecule has 15 heavy (non-hydrogen) atoms. The number of nitrogens with zero attached hydrogens (tertiary/aromatic N) is 2. The van der Waals surface area contributed by atoms with Crippen molar-refractivity contribution in [2.45, 2.75) is 6.92 Å². The molecule has 4 nitrogen and oxygen atoms in total. The number of aromatic nitrogens is 1. The minimum atomic E-state index is -0.155. The third kappa shape index (κ3) is 3.49. The van der Waals surface area contributed by atoms with Crippen molar-refractivity contribution < 1.29 is 4.79 Å². The minimum absolute atomic E-state index is 0.155. The Bertz CT molecular complexity index is 372. The third-order valence-electron chi connectivity index (χ3n) is 1.88. The van der Waals surface area contributed by atoms with Gasteiger partial charge in [-0.25, -0.2) is 9.78 Å². The standard InChI is InChI=1S/C9H11ClIN3O/c1-3-14(2)9(15)13-7-4-8(10)12-5-6(7)11/h4-5H,3H2,1-2H3,(H,12,13,15). The first-order chi connectivity index (χ1) is 7.04. The van der Waals surface area contributed by atoms with Crippen LogP contribution in [0.15, 0.2) is 12.3 Å². The van der Waals surface area contributed by atoms with Gasteiger partial charge >= 0.3 is 6.03 Å². The van der Waals surface area contributed by atoms with Gasteiger partial charge in [0.1, 0.15) is 5.15 Å². The highest BCUT2D eigenvalue weighted by atomic mass is 127. The van der Waals surface area contributed by atoms with Gasteiger partial charge < -0.3 is 10.2 Å². The Labute approximate surface area is 107 Å². The van der Waals surface area contributed by atoms with E-state index in [2.05, 4.69) is 32.9 Å². The minimum Gasteiger partial charge on any atom is -0.328 e. The van der Waals surface area contributed by atoms with E-state index >= 15 is 0 Å². The maximum Gasteiger partial charge on any atom is 0.321 e. The molecule has 0 aromatic carbocycles. The SMILES string of the molecule is CCN(C)C(=O)Nc1cc(Cl)ncc1I. The molecule has 0 aliphatic carbocycles. The molecule has 0 radical (unpaired) electrons. The first-order valence-electron chi connectivity index (χ1n) is 4.37. The van der Waals surface area contributed by atoms with E-state index in [0.29, 0.717) is 17.4 Å². The molecule has 0 unspecified atom stereocenters. The molecule has 0 atom stereocenters. The van der Waals surface area contributed by atoms with Gasteiger partial charge in [0.15, 0.2) is 0 Å². The zero-order chi connectivity index (χ0) is 11.4. The molecule has 82 valence electrons. The summed E-state index contributed by atoms with van der Waals surface area (Å²) in [6.07, 6.45) is 1.62. The van der Waals surface area contributed by atoms with Crippen molar-refractivity contribution in [1.82, 2.24) is 9.88 Å². The Morgan fingerprint density at radius 3 is 3.00 bits per heavy atom. The predicted octanol–water partition coefficient (Wildman–Crippen LogP) is 2.82. The van der Waals surface area contributed by atoms with Gasteiger partial charge in [-0.2, -0.15) is 0 Å². The summed E-state index contributed by atoms with van der Waals surface area (Å²) in [6, 6.07) is 1.47. The summed E-state index contributed by atoms with van der Waals surface area (Å²) in [5, 5.41) is 3.12. The smallest absolute Gasteiger partial charge is 0.321 e. The summed E-state index contributed by atoms with van der Waals surface area (Å²) in [5.41, 5.74) is 0.681. The Morgan fingerprint density at radius 2 is 2.40 bits per heavy atom. The lowest BCUT2D eigenvalue weighted by Gasteiger charge is -2.16. The number of carbonyl (C=O) groups excluding carboxylic acids is 1. The van der Waals surface area contributed by atoms with E-state index in [1.165, 1.54) is 0 Å². The van der Waals surface area contributed by atoms with Gasteiger partial charge in [0, 0.05) is 25.9 Å². The van der Waals surface area contributed by atoms with E-state index in [-0.39, 0.29) is 6.03 Å². The molecule has 0 saturated heterocycles. The molecule has 0 aliphatic heterocycles. The predicted molar refractivity (Wildman–Crippen MR) is 69.3 cm³/mol. The lowest BCUT2D eigenvalue weighted by Crippen LogP contribution is -2.31. The number of carbonyl (C=O) groups is 1. The Hall–Kier alpha value is -0.560. The molecule has 1 N–H and O–H groups in total. The first-order valence-corrected chi connectivity index (χ1v) is 5.83. The summed E-state index contributed by atoms with van der Waals surface area (Å²) in [6.45, 7) is 2.56.